The lowest BCUT2D eigenvalue weighted by Crippen LogP contribution is -2.22. The zero-order chi connectivity index (χ0) is 16.5. The van der Waals surface area contributed by atoms with Crippen molar-refractivity contribution in [1.29, 1.82) is 0 Å². The number of rotatable bonds is 7. The second-order valence-corrected chi connectivity index (χ2v) is 5.59. The van der Waals surface area contributed by atoms with Gasteiger partial charge in [-0.2, -0.15) is 0 Å². The summed E-state index contributed by atoms with van der Waals surface area (Å²) in [6.07, 6.45) is 11.5. The Morgan fingerprint density at radius 1 is 1.26 bits per heavy atom. The van der Waals surface area contributed by atoms with Crippen molar-refractivity contribution in [2.75, 3.05) is 20.8 Å². The first-order chi connectivity index (χ1) is 11.2. The first-order valence-electron chi connectivity index (χ1n) is 8.09. The van der Waals surface area contributed by atoms with Crippen LogP contribution >= 0.6 is 0 Å². The molecule has 1 aromatic rings. The van der Waals surface area contributed by atoms with Gasteiger partial charge in [0.25, 0.3) is 0 Å². The molecule has 0 unspecified atom stereocenters. The van der Waals surface area contributed by atoms with Crippen LogP contribution in [0.15, 0.2) is 35.9 Å². The zero-order valence-electron chi connectivity index (χ0n) is 13.9. The van der Waals surface area contributed by atoms with E-state index in [0.29, 0.717) is 12.3 Å². The van der Waals surface area contributed by atoms with E-state index in [1.807, 2.05) is 18.2 Å². The molecular weight excluding hydrogens is 290 g/mol. The van der Waals surface area contributed by atoms with Crippen molar-refractivity contribution in [2.45, 2.75) is 32.1 Å². The van der Waals surface area contributed by atoms with Crippen molar-refractivity contribution in [3.63, 3.8) is 0 Å². The third-order valence-electron chi connectivity index (χ3n) is 3.98. The summed E-state index contributed by atoms with van der Waals surface area (Å²) >= 11 is 0. The van der Waals surface area contributed by atoms with Crippen LogP contribution in [0, 0.1) is 0 Å². The molecule has 1 N–H and O–H groups in total. The average Bonchev–Trinajstić information content (AvgIpc) is 2.60. The highest BCUT2D eigenvalue weighted by Crippen LogP contribution is 2.25. The number of carbonyl (C=O) groups is 1. The number of carbonyl (C=O) groups excluding carboxylic acids is 1. The molecule has 0 fully saturated rings. The van der Waals surface area contributed by atoms with Gasteiger partial charge in [0, 0.05) is 18.2 Å². The van der Waals surface area contributed by atoms with Gasteiger partial charge in [-0.15, -0.1) is 0 Å². The molecule has 0 spiro atoms. The Morgan fingerprint density at radius 2 is 2.13 bits per heavy atom. The van der Waals surface area contributed by atoms with Gasteiger partial charge in [-0.3, -0.25) is 4.79 Å². The largest absolute Gasteiger partial charge is 0.497 e. The number of amides is 1. The molecule has 124 valence electrons. The van der Waals surface area contributed by atoms with E-state index in [2.05, 4.69) is 11.4 Å². The van der Waals surface area contributed by atoms with Crippen molar-refractivity contribution in [1.82, 2.24) is 5.32 Å². The molecule has 1 amide bonds. The zero-order valence-corrected chi connectivity index (χ0v) is 13.9. The van der Waals surface area contributed by atoms with Crippen LogP contribution in [-0.4, -0.2) is 26.7 Å². The van der Waals surface area contributed by atoms with Crippen molar-refractivity contribution in [3.05, 3.63) is 41.5 Å². The molecule has 0 atom stereocenters. The lowest BCUT2D eigenvalue weighted by molar-refractivity contribution is -0.116. The third-order valence-corrected chi connectivity index (χ3v) is 3.98. The minimum atomic E-state index is -0.0914. The highest BCUT2D eigenvalue weighted by molar-refractivity contribution is 5.92. The molecule has 0 radical (unpaired) electrons. The summed E-state index contributed by atoms with van der Waals surface area (Å²) in [5, 5.41) is 2.93. The van der Waals surface area contributed by atoms with E-state index in [-0.39, 0.29) is 5.91 Å². The maximum Gasteiger partial charge on any atom is 0.244 e. The highest BCUT2D eigenvalue weighted by Gasteiger charge is 2.05. The van der Waals surface area contributed by atoms with Gasteiger partial charge in [0.15, 0.2) is 0 Å². The molecule has 1 aliphatic carbocycles. The Hall–Kier alpha value is -2.23. The summed E-state index contributed by atoms with van der Waals surface area (Å²) in [5.74, 6) is 1.35. The second kappa shape index (κ2) is 9.03. The van der Waals surface area contributed by atoms with E-state index < -0.39 is 0 Å². The quantitative estimate of drug-likeness (QED) is 0.616. The highest BCUT2D eigenvalue weighted by atomic mass is 16.5. The number of methoxy groups -OCH3 is 2. The molecule has 0 saturated carbocycles. The van der Waals surface area contributed by atoms with Crippen LogP contribution in [0.3, 0.4) is 0 Å². The first kappa shape index (κ1) is 17.1. The average molecular weight is 315 g/mol. The second-order valence-electron chi connectivity index (χ2n) is 5.59. The first-order valence-corrected chi connectivity index (χ1v) is 8.09. The van der Waals surface area contributed by atoms with E-state index >= 15 is 0 Å². The summed E-state index contributed by atoms with van der Waals surface area (Å²) in [7, 11) is 3.22. The maximum atomic E-state index is 11.9. The van der Waals surface area contributed by atoms with E-state index in [9.17, 15) is 4.79 Å². The van der Waals surface area contributed by atoms with Crippen LogP contribution in [-0.2, 0) is 4.79 Å². The topological polar surface area (TPSA) is 47.6 Å². The molecule has 0 aliphatic heterocycles. The van der Waals surface area contributed by atoms with Crippen LogP contribution in [0.4, 0.5) is 0 Å². The maximum absolute atomic E-state index is 11.9. The lowest BCUT2D eigenvalue weighted by Gasteiger charge is -2.12. The van der Waals surface area contributed by atoms with Crippen molar-refractivity contribution < 1.29 is 14.3 Å². The predicted octanol–water partition coefficient (Wildman–Crippen LogP) is 3.72. The molecule has 0 bridgehead atoms. The van der Waals surface area contributed by atoms with E-state index in [1.165, 1.54) is 37.3 Å². The minimum absolute atomic E-state index is 0.0914. The molecule has 2 rings (SSSR count). The van der Waals surface area contributed by atoms with Gasteiger partial charge in [-0.05, 0) is 56.4 Å². The minimum Gasteiger partial charge on any atom is -0.497 e. The van der Waals surface area contributed by atoms with E-state index in [0.717, 1.165) is 17.7 Å². The van der Waals surface area contributed by atoms with Gasteiger partial charge >= 0.3 is 0 Å². The lowest BCUT2D eigenvalue weighted by atomic mass is 9.97. The summed E-state index contributed by atoms with van der Waals surface area (Å²) in [6, 6.07) is 5.50. The number of hydrogen-bond acceptors (Lipinski definition) is 3. The van der Waals surface area contributed by atoms with Gasteiger partial charge in [-0.1, -0.05) is 11.6 Å². The number of benzene rings is 1. The fourth-order valence-corrected chi connectivity index (χ4v) is 2.67. The molecule has 4 nitrogen and oxygen atoms in total. The fraction of sp³-hybridized carbons (Fsp3) is 0.421. The Balaban J connectivity index is 1.86. The van der Waals surface area contributed by atoms with Crippen molar-refractivity contribution in [3.8, 4) is 11.5 Å². The number of allylic oxidation sites excluding steroid dienone is 1. The number of nitrogens with one attached hydrogen (secondary N) is 1. The third kappa shape index (κ3) is 5.47. The van der Waals surface area contributed by atoms with Gasteiger partial charge in [0.1, 0.15) is 11.5 Å². The smallest absolute Gasteiger partial charge is 0.244 e. The predicted molar refractivity (Wildman–Crippen MR) is 92.8 cm³/mol. The SMILES string of the molecule is COc1ccc(OC)c(/C=C/C(=O)NCCC2=CCCCC2)c1. The molecule has 0 aromatic heterocycles. The Bertz CT molecular complexity index is 590. The van der Waals surface area contributed by atoms with Crippen LogP contribution in [0.25, 0.3) is 6.08 Å². The molecule has 1 aliphatic rings. The van der Waals surface area contributed by atoms with Gasteiger partial charge < -0.3 is 14.8 Å². The molecule has 1 aromatic carbocycles. The summed E-state index contributed by atoms with van der Waals surface area (Å²) in [6.45, 7) is 0.685. The standard InChI is InChI=1S/C19H25NO3/c1-22-17-9-10-18(23-2)16(14-17)8-11-19(21)20-13-12-15-6-4-3-5-7-15/h6,8-11,14H,3-5,7,12-13H2,1-2H3,(H,20,21)/b11-8+. The number of hydrogen-bond donors (Lipinski definition) is 1. The molecular formula is C19H25NO3. The monoisotopic (exact) mass is 315 g/mol. The van der Waals surface area contributed by atoms with Crippen LogP contribution in [0.2, 0.25) is 0 Å². The van der Waals surface area contributed by atoms with E-state index in [1.54, 1.807) is 20.3 Å². The van der Waals surface area contributed by atoms with Crippen LogP contribution < -0.4 is 14.8 Å². The summed E-state index contributed by atoms with van der Waals surface area (Å²) in [4.78, 5) is 11.9. The van der Waals surface area contributed by atoms with Crippen LogP contribution in [0.1, 0.15) is 37.7 Å². The van der Waals surface area contributed by atoms with Gasteiger partial charge in [-0.25, -0.2) is 0 Å². The summed E-state index contributed by atoms with van der Waals surface area (Å²) < 4.78 is 10.5. The molecule has 0 heterocycles. The van der Waals surface area contributed by atoms with E-state index in [4.69, 9.17) is 9.47 Å². The normalized spacial score (nSPS) is 14.4. The van der Waals surface area contributed by atoms with Crippen molar-refractivity contribution >= 4 is 12.0 Å². The van der Waals surface area contributed by atoms with Crippen LogP contribution in [0.5, 0.6) is 11.5 Å². The number of ether oxygens (including phenoxy) is 2. The molecule has 4 heteroatoms. The molecule has 0 saturated heterocycles. The Morgan fingerprint density at radius 3 is 2.83 bits per heavy atom. The van der Waals surface area contributed by atoms with Crippen molar-refractivity contribution in [2.24, 2.45) is 0 Å². The summed E-state index contributed by atoms with van der Waals surface area (Å²) in [5.41, 5.74) is 2.28. The van der Waals surface area contributed by atoms with Gasteiger partial charge in [0.2, 0.25) is 5.91 Å². The molecule has 23 heavy (non-hydrogen) atoms. The Labute approximate surface area is 138 Å². The Kier molecular flexibility index (Phi) is 6.73. The van der Waals surface area contributed by atoms with Gasteiger partial charge in [0.05, 0.1) is 14.2 Å². The fourth-order valence-electron chi connectivity index (χ4n) is 2.67.